The van der Waals surface area contributed by atoms with Crippen molar-refractivity contribution in [3.05, 3.63) is 35.9 Å². The molecule has 108 valence electrons. The van der Waals surface area contributed by atoms with Crippen LogP contribution in [-0.2, 0) is 4.79 Å². The molecular formula is C16H23N3O. The van der Waals surface area contributed by atoms with Gasteiger partial charge in [0.15, 0.2) is 0 Å². The van der Waals surface area contributed by atoms with Crippen LogP contribution in [-0.4, -0.2) is 37.5 Å². The van der Waals surface area contributed by atoms with E-state index in [-0.39, 0.29) is 5.91 Å². The third-order valence-corrected chi connectivity index (χ3v) is 3.77. The van der Waals surface area contributed by atoms with Crippen LogP contribution in [0.15, 0.2) is 30.3 Å². The number of nitrogens with one attached hydrogen (secondary N) is 1. The van der Waals surface area contributed by atoms with Crippen molar-refractivity contribution in [1.29, 1.82) is 0 Å². The topological polar surface area (TPSA) is 58.4 Å². The number of rotatable bonds is 4. The van der Waals surface area contributed by atoms with Crippen molar-refractivity contribution in [2.75, 3.05) is 32.4 Å². The molecule has 2 rings (SSSR count). The largest absolute Gasteiger partial charge is 0.399 e. The van der Waals surface area contributed by atoms with Crippen LogP contribution < -0.4 is 11.1 Å². The van der Waals surface area contributed by atoms with Gasteiger partial charge in [0.2, 0.25) is 5.91 Å². The molecule has 3 N–H and O–H groups in total. The molecule has 20 heavy (non-hydrogen) atoms. The maximum absolute atomic E-state index is 11.8. The summed E-state index contributed by atoms with van der Waals surface area (Å²) in [5.41, 5.74) is 7.33. The van der Waals surface area contributed by atoms with E-state index in [0.717, 1.165) is 30.9 Å². The zero-order chi connectivity index (χ0) is 14.4. The molecule has 1 aromatic carbocycles. The van der Waals surface area contributed by atoms with Gasteiger partial charge in [-0.05, 0) is 62.7 Å². The lowest BCUT2D eigenvalue weighted by atomic mass is 9.97. The number of anilines is 1. The highest BCUT2D eigenvalue weighted by molar-refractivity contribution is 5.91. The van der Waals surface area contributed by atoms with Crippen molar-refractivity contribution in [3.63, 3.8) is 0 Å². The van der Waals surface area contributed by atoms with Crippen LogP contribution in [0.4, 0.5) is 5.69 Å². The Morgan fingerprint density at radius 2 is 2.00 bits per heavy atom. The molecule has 0 aromatic heterocycles. The number of nitrogens with two attached hydrogens (primary N) is 1. The summed E-state index contributed by atoms with van der Waals surface area (Å²) in [6.45, 7) is 3.03. The summed E-state index contributed by atoms with van der Waals surface area (Å²) in [6, 6.07) is 7.46. The third-order valence-electron chi connectivity index (χ3n) is 3.77. The molecule has 4 heteroatoms. The van der Waals surface area contributed by atoms with Crippen LogP contribution in [0.3, 0.4) is 0 Å². The molecule has 0 saturated carbocycles. The molecule has 1 aliphatic heterocycles. The molecular weight excluding hydrogens is 250 g/mol. The molecule has 1 aliphatic rings. The Labute approximate surface area is 120 Å². The Morgan fingerprint density at radius 1 is 1.35 bits per heavy atom. The summed E-state index contributed by atoms with van der Waals surface area (Å²) < 4.78 is 0. The predicted octanol–water partition coefficient (Wildman–Crippen LogP) is 1.74. The lowest BCUT2D eigenvalue weighted by molar-refractivity contribution is -0.116. The fraction of sp³-hybridized carbons (Fsp3) is 0.438. The lowest BCUT2D eigenvalue weighted by Gasteiger charge is -2.28. The zero-order valence-electron chi connectivity index (χ0n) is 12.0. The second kappa shape index (κ2) is 7.10. The minimum absolute atomic E-state index is 0.0271. The van der Waals surface area contributed by atoms with Crippen molar-refractivity contribution < 1.29 is 4.79 Å². The number of carbonyl (C=O) groups is 1. The number of hydrogen-bond acceptors (Lipinski definition) is 3. The number of nitrogens with zero attached hydrogens (tertiary/aromatic N) is 1. The number of carbonyl (C=O) groups excluding carboxylic acids is 1. The van der Waals surface area contributed by atoms with Gasteiger partial charge in [0.25, 0.3) is 0 Å². The molecule has 1 heterocycles. The summed E-state index contributed by atoms with van der Waals surface area (Å²) in [5.74, 6) is 0.584. The summed E-state index contributed by atoms with van der Waals surface area (Å²) in [5, 5.41) is 2.98. The molecule has 1 aromatic rings. The molecule has 0 atom stereocenters. The van der Waals surface area contributed by atoms with Crippen LogP contribution in [0, 0.1) is 5.92 Å². The monoisotopic (exact) mass is 273 g/mol. The van der Waals surface area contributed by atoms with E-state index < -0.39 is 0 Å². The Kier molecular flexibility index (Phi) is 5.18. The van der Waals surface area contributed by atoms with E-state index in [4.69, 9.17) is 5.73 Å². The van der Waals surface area contributed by atoms with Gasteiger partial charge < -0.3 is 16.0 Å². The van der Waals surface area contributed by atoms with E-state index in [1.54, 1.807) is 6.08 Å². The van der Waals surface area contributed by atoms with Crippen LogP contribution in [0.1, 0.15) is 18.4 Å². The molecule has 0 radical (unpaired) electrons. The van der Waals surface area contributed by atoms with Gasteiger partial charge in [0, 0.05) is 18.3 Å². The van der Waals surface area contributed by atoms with Crippen molar-refractivity contribution >= 4 is 17.7 Å². The van der Waals surface area contributed by atoms with Gasteiger partial charge in [-0.3, -0.25) is 4.79 Å². The minimum atomic E-state index is -0.0271. The number of hydrogen-bond donors (Lipinski definition) is 2. The molecule has 0 spiro atoms. The van der Waals surface area contributed by atoms with Crippen molar-refractivity contribution in [2.45, 2.75) is 12.8 Å². The van der Waals surface area contributed by atoms with Gasteiger partial charge in [-0.25, -0.2) is 0 Å². The minimum Gasteiger partial charge on any atom is -0.399 e. The van der Waals surface area contributed by atoms with Crippen molar-refractivity contribution in [3.8, 4) is 0 Å². The summed E-state index contributed by atoms with van der Waals surface area (Å²) >= 11 is 0. The smallest absolute Gasteiger partial charge is 0.244 e. The van der Waals surface area contributed by atoms with Gasteiger partial charge in [0.05, 0.1) is 0 Å². The molecule has 1 amide bonds. The van der Waals surface area contributed by atoms with E-state index in [2.05, 4.69) is 17.3 Å². The Hall–Kier alpha value is -1.81. The first-order valence-corrected chi connectivity index (χ1v) is 7.13. The number of amides is 1. The maximum atomic E-state index is 11.8. The third kappa shape index (κ3) is 4.70. The Morgan fingerprint density at radius 3 is 2.65 bits per heavy atom. The van der Waals surface area contributed by atoms with Gasteiger partial charge in [-0.15, -0.1) is 0 Å². The van der Waals surface area contributed by atoms with Crippen LogP contribution in [0.25, 0.3) is 6.08 Å². The summed E-state index contributed by atoms with van der Waals surface area (Å²) in [7, 11) is 2.14. The van der Waals surface area contributed by atoms with Crippen molar-refractivity contribution in [1.82, 2.24) is 10.2 Å². The Balaban J connectivity index is 1.73. The standard InChI is InChI=1S/C16H23N3O/c1-19-10-8-14(9-11-19)12-18-16(20)7-4-13-2-5-15(17)6-3-13/h2-7,14H,8-12,17H2,1H3,(H,18,20)/b7-4+. The fourth-order valence-corrected chi connectivity index (χ4v) is 2.35. The van der Waals surface area contributed by atoms with E-state index in [0.29, 0.717) is 5.92 Å². The normalized spacial score (nSPS) is 17.4. The second-order valence-electron chi connectivity index (χ2n) is 5.49. The van der Waals surface area contributed by atoms with E-state index in [1.807, 2.05) is 30.3 Å². The average Bonchev–Trinajstić information content (AvgIpc) is 2.46. The van der Waals surface area contributed by atoms with Crippen molar-refractivity contribution in [2.24, 2.45) is 5.92 Å². The molecule has 0 bridgehead atoms. The highest BCUT2D eigenvalue weighted by Crippen LogP contribution is 2.14. The second-order valence-corrected chi connectivity index (χ2v) is 5.49. The number of benzene rings is 1. The maximum Gasteiger partial charge on any atom is 0.244 e. The van der Waals surface area contributed by atoms with Gasteiger partial charge in [-0.2, -0.15) is 0 Å². The van der Waals surface area contributed by atoms with Gasteiger partial charge in [0.1, 0.15) is 0 Å². The number of piperidine rings is 1. The molecule has 0 unspecified atom stereocenters. The first-order chi connectivity index (χ1) is 9.63. The first kappa shape index (κ1) is 14.6. The molecule has 1 saturated heterocycles. The number of nitrogen functional groups attached to an aromatic ring is 1. The summed E-state index contributed by atoms with van der Waals surface area (Å²) in [4.78, 5) is 14.1. The number of likely N-dealkylation sites (tertiary alicyclic amines) is 1. The van der Waals surface area contributed by atoms with Gasteiger partial charge >= 0.3 is 0 Å². The van der Waals surface area contributed by atoms with Crippen LogP contribution >= 0.6 is 0 Å². The molecule has 1 fully saturated rings. The lowest BCUT2D eigenvalue weighted by Crippen LogP contribution is -2.36. The van der Waals surface area contributed by atoms with Crippen LogP contribution in [0.5, 0.6) is 0 Å². The molecule has 4 nitrogen and oxygen atoms in total. The quantitative estimate of drug-likeness (QED) is 0.649. The Bertz CT molecular complexity index is 459. The van der Waals surface area contributed by atoms with Crippen LogP contribution in [0.2, 0.25) is 0 Å². The SMILES string of the molecule is CN1CCC(CNC(=O)/C=C/c2ccc(N)cc2)CC1. The van der Waals surface area contributed by atoms with E-state index in [1.165, 1.54) is 12.8 Å². The highest BCUT2D eigenvalue weighted by Gasteiger charge is 2.16. The predicted molar refractivity (Wildman–Crippen MR) is 83.1 cm³/mol. The first-order valence-electron chi connectivity index (χ1n) is 7.13. The van der Waals surface area contributed by atoms with E-state index in [9.17, 15) is 4.79 Å². The van der Waals surface area contributed by atoms with E-state index >= 15 is 0 Å². The molecule has 0 aliphatic carbocycles. The highest BCUT2D eigenvalue weighted by atomic mass is 16.1. The average molecular weight is 273 g/mol. The summed E-state index contributed by atoms with van der Waals surface area (Å²) in [6.07, 6.45) is 5.72. The zero-order valence-corrected chi connectivity index (χ0v) is 12.0. The fourth-order valence-electron chi connectivity index (χ4n) is 2.35. The van der Waals surface area contributed by atoms with Gasteiger partial charge in [-0.1, -0.05) is 12.1 Å².